The van der Waals surface area contributed by atoms with Gasteiger partial charge in [0.1, 0.15) is 9.77 Å². The summed E-state index contributed by atoms with van der Waals surface area (Å²) in [7, 11) is -4.16. The van der Waals surface area contributed by atoms with Crippen LogP contribution in [0.5, 0.6) is 5.75 Å². The molecule has 0 aliphatic heterocycles. The van der Waals surface area contributed by atoms with Crippen molar-refractivity contribution >= 4 is 39.0 Å². The Morgan fingerprint density at radius 3 is 2.38 bits per heavy atom. The van der Waals surface area contributed by atoms with E-state index in [4.69, 9.17) is 9.84 Å². The van der Waals surface area contributed by atoms with Gasteiger partial charge in [0.25, 0.3) is 10.0 Å². The van der Waals surface area contributed by atoms with Gasteiger partial charge in [0, 0.05) is 6.92 Å². The second-order valence-corrected chi connectivity index (χ2v) is 9.15. The molecule has 0 aliphatic carbocycles. The van der Waals surface area contributed by atoms with Crippen molar-refractivity contribution in [1.29, 1.82) is 0 Å². The standard InChI is InChI=1S/C17H19NO6S2/c1-10(19)24-13-9-11(17(2,3)4)5-6-14(13)26(22,23)18-12-7-8-25-15(12)16(20)21/h5-9,18H,1-4H3,(H,20,21). The Kier molecular flexibility index (Phi) is 5.43. The van der Waals surface area contributed by atoms with Crippen LogP contribution in [0.3, 0.4) is 0 Å². The number of carboxylic acid groups (broad SMARTS) is 1. The van der Waals surface area contributed by atoms with Crippen LogP contribution in [-0.2, 0) is 20.2 Å². The molecule has 0 atom stereocenters. The van der Waals surface area contributed by atoms with Crippen molar-refractivity contribution in [3.63, 3.8) is 0 Å². The van der Waals surface area contributed by atoms with Crippen molar-refractivity contribution in [2.75, 3.05) is 4.72 Å². The van der Waals surface area contributed by atoms with E-state index >= 15 is 0 Å². The highest BCUT2D eigenvalue weighted by Gasteiger charge is 2.26. The van der Waals surface area contributed by atoms with Crippen LogP contribution in [0.4, 0.5) is 5.69 Å². The monoisotopic (exact) mass is 397 g/mol. The maximum atomic E-state index is 12.7. The Labute approximate surface area is 155 Å². The first-order valence-corrected chi connectivity index (χ1v) is 9.94. The molecular weight excluding hydrogens is 378 g/mol. The molecule has 0 fully saturated rings. The van der Waals surface area contributed by atoms with Gasteiger partial charge in [0.15, 0.2) is 5.75 Å². The number of hydrogen-bond donors (Lipinski definition) is 2. The molecule has 0 spiro atoms. The fourth-order valence-corrected chi connectivity index (χ4v) is 4.12. The Morgan fingerprint density at radius 1 is 1.19 bits per heavy atom. The number of thiophene rings is 1. The van der Waals surface area contributed by atoms with Gasteiger partial charge >= 0.3 is 11.9 Å². The zero-order valence-electron chi connectivity index (χ0n) is 14.7. The molecule has 9 heteroatoms. The van der Waals surface area contributed by atoms with Crippen molar-refractivity contribution in [3.8, 4) is 5.75 Å². The van der Waals surface area contributed by atoms with E-state index < -0.39 is 22.0 Å². The van der Waals surface area contributed by atoms with Crippen LogP contribution < -0.4 is 9.46 Å². The van der Waals surface area contributed by atoms with E-state index in [1.807, 2.05) is 20.8 Å². The first kappa shape index (κ1) is 19.9. The van der Waals surface area contributed by atoms with Crippen molar-refractivity contribution in [1.82, 2.24) is 0 Å². The Balaban J connectivity index is 2.52. The Hall–Kier alpha value is -2.39. The van der Waals surface area contributed by atoms with Gasteiger partial charge in [-0.05, 0) is 34.6 Å². The zero-order chi connectivity index (χ0) is 19.7. The smallest absolute Gasteiger partial charge is 0.348 e. The molecule has 0 saturated carbocycles. The van der Waals surface area contributed by atoms with Crippen LogP contribution in [0.25, 0.3) is 0 Å². The third-order valence-corrected chi connectivity index (χ3v) is 5.76. The highest BCUT2D eigenvalue weighted by Crippen LogP contribution is 2.33. The summed E-state index contributed by atoms with van der Waals surface area (Å²) in [5.74, 6) is -2.00. The summed E-state index contributed by atoms with van der Waals surface area (Å²) >= 11 is 0.902. The maximum absolute atomic E-state index is 12.7. The lowest BCUT2D eigenvalue weighted by atomic mass is 9.87. The Morgan fingerprint density at radius 2 is 1.85 bits per heavy atom. The first-order valence-electron chi connectivity index (χ1n) is 7.58. The lowest BCUT2D eigenvalue weighted by Crippen LogP contribution is -2.18. The number of aromatic carboxylic acids is 1. The second-order valence-electron chi connectivity index (χ2n) is 6.58. The average Bonchev–Trinajstić information content (AvgIpc) is 2.93. The largest absolute Gasteiger partial charge is 0.477 e. The molecule has 140 valence electrons. The number of ether oxygens (including phenoxy) is 1. The van der Waals surface area contributed by atoms with Crippen LogP contribution in [0, 0.1) is 0 Å². The van der Waals surface area contributed by atoms with Crippen molar-refractivity contribution < 1.29 is 27.9 Å². The highest BCUT2D eigenvalue weighted by molar-refractivity contribution is 7.92. The van der Waals surface area contributed by atoms with Gasteiger partial charge in [-0.2, -0.15) is 0 Å². The van der Waals surface area contributed by atoms with Gasteiger partial charge in [-0.25, -0.2) is 13.2 Å². The molecule has 1 heterocycles. The number of sulfonamides is 1. The van der Waals surface area contributed by atoms with Gasteiger partial charge in [-0.15, -0.1) is 11.3 Å². The molecule has 0 saturated heterocycles. The molecule has 2 aromatic rings. The third kappa shape index (κ3) is 4.41. The number of esters is 1. The number of carbonyl (C=O) groups is 2. The van der Waals surface area contributed by atoms with Crippen LogP contribution in [0.1, 0.15) is 42.9 Å². The number of carbonyl (C=O) groups excluding carboxylic acids is 1. The summed E-state index contributed by atoms with van der Waals surface area (Å²) in [5.41, 5.74) is 0.458. The van der Waals surface area contributed by atoms with E-state index in [1.54, 1.807) is 6.07 Å². The summed E-state index contributed by atoms with van der Waals surface area (Å²) in [5, 5.41) is 10.6. The van der Waals surface area contributed by atoms with Crippen LogP contribution in [0.15, 0.2) is 34.5 Å². The fraction of sp³-hybridized carbons (Fsp3) is 0.294. The predicted octanol–water partition coefficient (Wildman–Crippen LogP) is 3.47. The lowest BCUT2D eigenvalue weighted by Gasteiger charge is -2.21. The summed E-state index contributed by atoms with van der Waals surface area (Å²) in [6, 6.07) is 5.84. The van der Waals surface area contributed by atoms with E-state index in [0.717, 1.165) is 16.9 Å². The number of benzene rings is 1. The molecule has 1 aromatic carbocycles. The predicted molar refractivity (Wildman–Crippen MR) is 98.5 cm³/mol. The van der Waals surface area contributed by atoms with Gasteiger partial charge in [0.2, 0.25) is 0 Å². The number of carboxylic acids is 1. The molecule has 0 aliphatic rings. The molecule has 7 nitrogen and oxygen atoms in total. The topological polar surface area (TPSA) is 110 Å². The molecule has 2 rings (SSSR count). The van der Waals surface area contributed by atoms with Crippen molar-refractivity contribution in [2.45, 2.75) is 38.0 Å². The van der Waals surface area contributed by atoms with E-state index in [1.165, 1.54) is 30.5 Å². The quantitative estimate of drug-likeness (QED) is 0.590. The molecular formula is C17H19NO6S2. The molecule has 0 bridgehead atoms. The van der Waals surface area contributed by atoms with Crippen LogP contribution in [-0.4, -0.2) is 25.5 Å². The number of rotatable bonds is 5. The molecule has 26 heavy (non-hydrogen) atoms. The number of anilines is 1. The Bertz CT molecular complexity index is 954. The molecule has 2 N–H and O–H groups in total. The van der Waals surface area contributed by atoms with Gasteiger partial charge in [-0.1, -0.05) is 26.8 Å². The number of nitrogens with one attached hydrogen (secondary N) is 1. The minimum atomic E-state index is -4.16. The molecule has 0 unspecified atom stereocenters. The molecule has 0 radical (unpaired) electrons. The number of hydrogen-bond acceptors (Lipinski definition) is 6. The van der Waals surface area contributed by atoms with Crippen molar-refractivity contribution in [3.05, 3.63) is 40.1 Å². The summed E-state index contributed by atoms with van der Waals surface area (Å²) in [4.78, 5) is 22.2. The summed E-state index contributed by atoms with van der Waals surface area (Å²) in [6.07, 6.45) is 0. The lowest BCUT2D eigenvalue weighted by molar-refractivity contribution is -0.132. The normalized spacial score (nSPS) is 11.8. The minimum Gasteiger partial charge on any atom is -0.477 e. The minimum absolute atomic E-state index is 0.0452. The average molecular weight is 397 g/mol. The SMILES string of the molecule is CC(=O)Oc1cc(C(C)(C)C)ccc1S(=O)(=O)Nc1ccsc1C(=O)O. The van der Waals surface area contributed by atoms with Gasteiger partial charge in [-0.3, -0.25) is 9.52 Å². The van der Waals surface area contributed by atoms with Crippen molar-refractivity contribution in [2.24, 2.45) is 0 Å². The van der Waals surface area contributed by atoms with E-state index in [-0.39, 0.29) is 26.6 Å². The highest BCUT2D eigenvalue weighted by atomic mass is 32.2. The van der Waals surface area contributed by atoms with E-state index in [2.05, 4.69) is 4.72 Å². The second kappa shape index (κ2) is 7.08. The first-order chi connectivity index (χ1) is 11.9. The van der Waals surface area contributed by atoms with Gasteiger partial charge < -0.3 is 9.84 Å². The molecule has 1 aromatic heterocycles. The summed E-state index contributed by atoms with van der Waals surface area (Å²) in [6.45, 7) is 7.00. The van der Waals surface area contributed by atoms with E-state index in [9.17, 15) is 18.0 Å². The summed E-state index contributed by atoms with van der Waals surface area (Å²) < 4.78 is 32.8. The fourth-order valence-electron chi connectivity index (χ4n) is 2.19. The van der Waals surface area contributed by atoms with Gasteiger partial charge in [0.05, 0.1) is 5.69 Å². The van der Waals surface area contributed by atoms with E-state index in [0.29, 0.717) is 0 Å². The zero-order valence-corrected chi connectivity index (χ0v) is 16.3. The maximum Gasteiger partial charge on any atom is 0.348 e. The third-order valence-electron chi connectivity index (χ3n) is 3.46. The van der Waals surface area contributed by atoms with Crippen LogP contribution in [0.2, 0.25) is 0 Å². The molecule has 0 amide bonds. The van der Waals surface area contributed by atoms with Crippen LogP contribution >= 0.6 is 11.3 Å².